The molecule has 0 unspecified atom stereocenters. The molecule has 2 aromatic heterocycles. The van der Waals surface area contributed by atoms with Crippen molar-refractivity contribution in [2.75, 3.05) is 13.7 Å². The molecule has 4 rings (SSSR count). The van der Waals surface area contributed by atoms with Crippen LogP contribution < -0.4 is 0 Å². The zero-order chi connectivity index (χ0) is 18.1. The summed E-state index contributed by atoms with van der Waals surface area (Å²) in [4.78, 5) is 6.18. The molecule has 132 valence electrons. The number of benzene rings is 1. The number of nitriles is 1. The second kappa shape index (κ2) is 6.78. The Morgan fingerprint density at radius 1 is 1.38 bits per heavy atom. The lowest BCUT2D eigenvalue weighted by molar-refractivity contribution is 0.107. The van der Waals surface area contributed by atoms with Crippen molar-refractivity contribution < 1.29 is 9.13 Å². The van der Waals surface area contributed by atoms with Gasteiger partial charge in [0.1, 0.15) is 5.82 Å². The molecule has 1 saturated heterocycles. The van der Waals surface area contributed by atoms with E-state index in [-0.39, 0.29) is 18.0 Å². The van der Waals surface area contributed by atoms with Gasteiger partial charge < -0.3 is 4.74 Å². The first-order chi connectivity index (χ1) is 12.7. The molecular formula is C18H17FN6O. The first-order valence-electron chi connectivity index (χ1n) is 8.29. The number of rotatable bonds is 4. The van der Waals surface area contributed by atoms with Crippen LogP contribution >= 0.6 is 0 Å². The van der Waals surface area contributed by atoms with Crippen LogP contribution in [0.5, 0.6) is 0 Å². The van der Waals surface area contributed by atoms with Crippen molar-refractivity contribution in [1.82, 2.24) is 24.5 Å². The fraction of sp³-hybridized carbons (Fsp3) is 0.333. The molecule has 0 saturated carbocycles. The van der Waals surface area contributed by atoms with E-state index in [1.54, 1.807) is 25.6 Å². The van der Waals surface area contributed by atoms with Crippen LogP contribution in [0.25, 0.3) is 5.65 Å². The van der Waals surface area contributed by atoms with Crippen molar-refractivity contribution in [3.05, 3.63) is 59.6 Å². The summed E-state index contributed by atoms with van der Waals surface area (Å²) in [6.07, 6.45) is 5.92. The summed E-state index contributed by atoms with van der Waals surface area (Å²) in [7, 11) is 1.67. The van der Waals surface area contributed by atoms with Crippen molar-refractivity contribution in [3.8, 4) is 6.07 Å². The highest BCUT2D eigenvalue weighted by molar-refractivity contribution is 5.35. The smallest absolute Gasteiger partial charge is 0.179 e. The maximum Gasteiger partial charge on any atom is 0.179 e. The van der Waals surface area contributed by atoms with Gasteiger partial charge in [0.05, 0.1) is 30.0 Å². The number of halogens is 1. The van der Waals surface area contributed by atoms with Gasteiger partial charge in [-0.15, -0.1) is 10.2 Å². The Morgan fingerprint density at radius 3 is 3.08 bits per heavy atom. The molecule has 3 aromatic rings. The summed E-state index contributed by atoms with van der Waals surface area (Å²) in [5.41, 5.74) is 1.60. The molecule has 1 aliphatic rings. The number of aromatic nitrogens is 4. The number of likely N-dealkylation sites (tertiary alicyclic amines) is 1. The van der Waals surface area contributed by atoms with Crippen molar-refractivity contribution in [1.29, 1.82) is 5.26 Å². The number of ether oxygens (including phenoxy) is 1. The minimum Gasteiger partial charge on any atom is -0.380 e. The fourth-order valence-electron chi connectivity index (χ4n) is 3.46. The molecule has 8 heteroatoms. The molecular weight excluding hydrogens is 335 g/mol. The van der Waals surface area contributed by atoms with Crippen molar-refractivity contribution >= 4 is 5.65 Å². The predicted molar refractivity (Wildman–Crippen MR) is 90.5 cm³/mol. The molecule has 26 heavy (non-hydrogen) atoms. The van der Waals surface area contributed by atoms with Crippen molar-refractivity contribution in [2.45, 2.75) is 25.1 Å². The summed E-state index contributed by atoms with van der Waals surface area (Å²) in [5.74, 6) is 0.456. The molecule has 0 amide bonds. The molecule has 1 aromatic carbocycles. The highest BCUT2D eigenvalue weighted by atomic mass is 19.1. The first kappa shape index (κ1) is 16.6. The zero-order valence-electron chi connectivity index (χ0n) is 14.2. The SMILES string of the molecule is CO[C@@H]1C[C@@H](c2nnc3cnccn23)N(Cc2cc(C#N)ccc2F)C1. The van der Waals surface area contributed by atoms with Crippen molar-refractivity contribution in [2.24, 2.45) is 0 Å². The molecule has 3 heterocycles. The minimum atomic E-state index is -0.320. The van der Waals surface area contributed by atoms with Gasteiger partial charge in [-0.05, 0) is 24.6 Å². The number of hydrogen-bond acceptors (Lipinski definition) is 6. The molecule has 2 atom stereocenters. The summed E-state index contributed by atoms with van der Waals surface area (Å²) < 4.78 is 21.7. The van der Waals surface area contributed by atoms with Crippen molar-refractivity contribution in [3.63, 3.8) is 0 Å². The third-order valence-electron chi connectivity index (χ3n) is 4.79. The Labute approximate surface area is 149 Å². The van der Waals surface area contributed by atoms with E-state index in [1.165, 1.54) is 12.1 Å². The monoisotopic (exact) mass is 352 g/mol. The maximum absolute atomic E-state index is 14.3. The molecule has 1 aliphatic heterocycles. The van der Waals surface area contributed by atoms with Gasteiger partial charge in [0, 0.05) is 38.2 Å². The molecule has 0 N–H and O–H groups in total. The molecule has 0 spiro atoms. The Balaban J connectivity index is 1.68. The van der Waals surface area contributed by atoms with Crippen LogP contribution in [0.4, 0.5) is 4.39 Å². The second-order valence-electron chi connectivity index (χ2n) is 6.32. The Bertz CT molecular complexity index is 981. The van der Waals surface area contributed by atoms with Gasteiger partial charge in [-0.3, -0.25) is 14.3 Å². The van der Waals surface area contributed by atoms with Gasteiger partial charge in [0.25, 0.3) is 0 Å². The lowest BCUT2D eigenvalue weighted by Gasteiger charge is -2.23. The van der Waals surface area contributed by atoms with Crippen LogP contribution in [-0.4, -0.2) is 44.2 Å². The van der Waals surface area contributed by atoms with Crippen LogP contribution in [-0.2, 0) is 11.3 Å². The number of methoxy groups -OCH3 is 1. The average molecular weight is 352 g/mol. The standard InChI is InChI=1S/C18H17FN6O/c1-26-14-7-16(18-23-22-17-9-21-4-5-25(17)18)24(11-14)10-13-6-12(8-20)2-3-15(13)19/h2-6,9,14,16H,7,10-11H2,1H3/t14-,16+/m1/s1. The zero-order valence-corrected chi connectivity index (χ0v) is 14.2. The Morgan fingerprint density at radius 2 is 2.27 bits per heavy atom. The highest BCUT2D eigenvalue weighted by Crippen LogP contribution is 2.34. The van der Waals surface area contributed by atoms with E-state index in [1.807, 2.05) is 10.6 Å². The van der Waals surface area contributed by atoms with Gasteiger partial charge in [0.15, 0.2) is 11.5 Å². The lowest BCUT2D eigenvalue weighted by atomic mass is 10.1. The number of nitrogens with zero attached hydrogens (tertiary/aromatic N) is 6. The summed E-state index contributed by atoms with van der Waals surface area (Å²) >= 11 is 0. The van der Waals surface area contributed by atoms with Crippen LogP contribution in [0.3, 0.4) is 0 Å². The van der Waals surface area contributed by atoms with E-state index in [4.69, 9.17) is 10.00 Å². The van der Waals surface area contributed by atoms with Gasteiger partial charge in [-0.1, -0.05) is 0 Å². The molecule has 7 nitrogen and oxygen atoms in total. The van der Waals surface area contributed by atoms with E-state index in [0.717, 1.165) is 12.2 Å². The van der Waals surface area contributed by atoms with Gasteiger partial charge >= 0.3 is 0 Å². The fourth-order valence-corrected chi connectivity index (χ4v) is 3.46. The van der Waals surface area contributed by atoms with Crippen LogP contribution in [0.2, 0.25) is 0 Å². The summed E-state index contributed by atoms with van der Waals surface area (Å²) in [6, 6.07) is 6.41. The Hall–Kier alpha value is -2.89. The molecule has 0 bridgehead atoms. The molecule has 0 aliphatic carbocycles. The first-order valence-corrected chi connectivity index (χ1v) is 8.29. The normalized spacial score (nSPS) is 20.5. The lowest BCUT2D eigenvalue weighted by Crippen LogP contribution is -2.26. The van der Waals surface area contributed by atoms with Crippen LogP contribution in [0, 0.1) is 17.1 Å². The Kier molecular flexibility index (Phi) is 4.32. The van der Waals surface area contributed by atoms with E-state index >= 15 is 0 Å². The number of hydrogen-bond donors (Lipinski definition) is 0. The average Bonchev–Trinajstić information content (AvgIpc) is 3.27. The predicted octanol–water partition coefficient (Wildman–Crippen LogP) is 2.10. The highest BCUT2D eigenvalue weighted by Gasteiger charge is 2.36. The van der Waals surface area contributed by atoms with E-state index < -0.39 is 0 Å². The molecule has 1 fully saturated rings. The quantitative estimate of drug-likeness (QED) is 0.715. The van der Waals surface area contributed by atoms with Gasteiger partial charge in [-0.25, -0.2) is 4.39 Å². The van der Waals surface area contributed by atoms with Crippen LogP contribution in [0.15, 0.2) is 36.8 Å². The van der Waals surface area contributed by atoms with Crippen LogP contribution in [0.1, 0.15) is 29.4 Å². The third-order valence-corrected chi connectivity index (χ3v) is 4.79. The van der Waals surface area contributed by atoms with E-state index in [9.17, 15) is 4.39 Å². The van der Waals surface area contributed by atoms with Gasteiger partial charge in [-0.2, -0.15) is 5.26 Å². The van der Waals surface area contributed by atoms with Gasteiger partial charge in [0.2, 0.25) is 0 Å². The largest absolute Gasteiger partial charge is 0.380 e. The minimum absolute atomic E-state index is 0.0244. The third kappa shape index (κ3) is 2.92. The number of fused-ring (bicyclic) bond motifs is 1. The molecule has 0 radical (unpaired) electrons. The van der Waals surface area contributed by atoms with E-state index in [2.05, 4.69) is 26.2 Å². The maximum atomic E-state index is 14.3. The topological polar surface area (TPSA) is 79.3 Å². The summed E-state index contributed by atoms with van der Waals surface area (Å²) in [6.45, 7) is 1.02. The summed E-state index contributed by atoms with van der Waals surface area (Å²) in [5, 5.41) is 17.6. The second-order valence-corrected chi connectivity index (χ2v) is 6.32. The van der Waals surface area contributed by atoms with E-state index in [0.29, 0.717) is 29.9 Å².